The first-order valence-corrected chi connectivity index (χ1v) is 7.83. The molecule has 1 atom stereocenters. The van der Waals surface area contributed by atoms with Crippen molar-refractivity contribution in [2.45, 2.75) is 56.8 Å². The fourth-order valence-corrected chi connectivity index (χ4v) is 3.61. The van der Waals surface area contributed by atoms with Gasteiger partial charge in [0.25, 0.3) is 0 Å². The molecule has 1 spiro atoms. The lowest BCUT2D eigenvalue weighted by Crippen LogP contribution is -2.51. The molecular formula is C17H26N2O. The number of nitrogens with two attached hydrogens (primary N) is 1. The monoisotopic (exact) mass is 274 g/mol. The summed E-state index contributed by atoms with van der Waals surface area (Å²) in [6.07, 6.45) is 6.22. The Kier molecular flexibility index (Phi) is 4.11. The molecule has 1 aliphatic carbocycles. The second-order valence-electron chi connectivity index (χ2n) is 6.42. The van der Waals surface area contributed by atoms with E-state index in [0.717, 1.165) is 19.6 Å². The molecule has 2 fully saturated rings. The van der Waals surface area contributed by atoms with Gasteiger partial charge in [-0.05, 0) is 50.3 Å². The molecule has 1 aliphatic heterocycles. The lowest BCUT2D eigenvalue weighted by molar-refractivity contribution is -0.147. The van der Waals surface area contributed by atoms with E-state index >= 15 is 0 Å². The smallest absolute Gasteiger partial charge is 0.0697 e. The van der Waals surface area contributed by atoms with Crippen LogP contribution in [0.4, 0.5) is 0 Å². The molecule has 3 rings (SSSR count). The zero-order chi connectivity index (χ0) is 14.0. The van der Waals surface area contributed by atoms with Gasteiger partial charge in [-0.15, -0.1) is 0 Å². The first-order chi connectivity index (χ1) is 9.72. The van der Waals surface area contributed by atoms with Crippen LogP contribution in [0.5, 0.6) is 0 Å². The van der Waals surface area contributed by atoms with Crippen LogP contribution in [0.3, 0.4) is 0 Å². The maximum absolute atomic E-state index is 6.03. The van der Waals surface area contributed by atoms with Crippen molar-refractivity contribution in [2.24, 2.45) is 5.73 Å². The Morgan fingerprint density at radius 1 is 1.30 bits per heavy atom. The standard InChI is InChI=1S/C17H26N2O/c1-19(13-15-6-3-2-5-14(15)12-18)16-7-10-20-17(11-16)8-4-9-17/h2-3,5-6,16H,4,7-13,18H2,1H3. The summed E-state index contributed by atoms with van der Waals surface area (Å²) in [5, 5.41) is 0. The number of ether oxygens (including phenoxy) is 1. The topological polar surface area (TPSA) is 38.5 Å². The van der Waals surface area contributed by atoms with E-state index in [1.165, 1.54) is 36.8 Å². The summed E-state index contributed by atoms with van der Waals surface area (Å²) >= 11 is 0. The van der Waals surface area contributed by atoms with Gasteiger partial charge in [-0.3, -0.25) is 4.90 Å². The number of nitrogens with zero attached hydrogens (tertiary/aromatic N) is 1. The first kappa shape index (κ1) is 14.1. The van der Waals surface area contributed by atoms with Crippen molar-refractivity contribution in [2.75, 3.05) is 13.7 Å². The highest BCUT2D eigenvalue weighted by atomic mass is 16.5. The molecule has 1 heterocycles. The van der Waals surface area contributed by atoms with Crippen LogP contribution in [0.1, 0.15) is 43.2 Å². The molecular weight excluding hydrogens is 248 g/mol. The van der Waals surface area contributed by atoms with Gasteiger partial charge in [0.15, 0.2) is 0 Å². The summed E-state index contributed by atoms with van der Waals surface area (Å²) in [5.41, 5.74) is 8.70. The van der Waals surface area contributed by atoms with Crippen molar-refractivity contribution in [3.05, 3.63) is 35.4 Å². The Balaban J connectivity index is 1.65. The van der Waals surface area contributed by atoms with E-state index in [2.05, 4.69) is 36.2 Å². The van der Waals surface area contributed by atoms with Crippen molar-refractivity contribution in [3.8, 4) is 0 Å². The number of rotatable bonds is 4. The molecule has 0 bridgehead atoms. The molecule has 0 amide bonds. The van der Waals surface area contributed by atoms with Crippen LogP contribution in [-0.4, -0.2) is 30.2 Å². The molecule has 0 aromatic heterocycles. The van der Waals surface area contributed by atoms with Gasteiger partial charge in [-0.25, -0.2) is 0 Å². The summed E-state index contributed by atoms with van der Waals surface area (Å²) < 4.78 is 6.03. The highest BCUT2D eigenvalue weighted by Crippen LogP contribution is 2.43. The highest BCUT2D eigenvalue weighted by molar-refractivity contribution is 5.26. The van der Waals surface area contributed by atoms with Gasteiger partial charge in [0.2, 0.25) is 0 Å². The molecule has 1 saturated carbocycles. The summed E-state index contributed by atoms with van der Waals surface area (Å²) in [6.45, 7) is 2.55. The fraction of sp³-hybridized carbons (Fsp3) is 0.647. The normalized spacial score (nSPS) is 24.9. The van der Waals surface area contributed by atoms with E-state index in [1.807, 2.05) is 0 Å². The summed E-state index contributed by atoms with van der Waals surface area (Å²) in [7, 11) is 2.25. The van der Waals surface area contributed by atoms with Gasteiger partial charge < -0.3 is 10.5 Å². The van der Waals surface area contributed by atoms with Gasteiger partial charge in [0.05, 0.1) is 5.60 Å². The third-order valence-corrected chi connectivity index (χ3v) is 5.11. The maximum atomic E-state index is 6.03. The van der Waals surface area contributed by atoms with Crippen molar-refractivity contribution in [1.29, 1.82) is 0 Å². The van der Waals surface area contributed by atoms with Crippen molar-refractivity contribution < 1.29 is 4.74 Å². The summed E-state index contributed by atoms with van der Waals surface area (Å²) in [4.78, 5) is 2.50. The highest BCUT2D eigenvalue weighted by Gasteiger charge is 2.43. The predicted molar refractivity (Wildman–Crippen MR) is 81.4 cm³/mol. The summed E-state index contributed by atoms with van der Waals surface area (Å²) in [5.74, 6) is 0. The number of hydrogen-bond acceptors (Lipinski definition) is 3. The Bertz CT molecular complexity index is 456. The quantitative estimate of drug-likeness (QED) is 0.917. The van der Waals surface area contributed by atoms with Crippen LogP contribution in [0.25, 0.3) is 0 Å². The molecule has 3 nitrogen and oxygen atoms in total. The Hall–Kier alpha value is -0.900. The molecule has 3 heteroatoms. The van der Waals surface area contributed by atoms with Crippen molar-refractivity contribution in [3.63, 3.8) is 0 Å². The zero-order valence-electron chi connectivity index (χ0n) is 12.5. The minimum Gasteiger partial charge on any atom is -0.375 e. The lowest BCUT2D eigenvalue weighted by atomic mass is 9.73. The Morgan fingerprint density at radius 2 is 2.05 bits per heavy atom. The number of benzene rings is 1. The minimum absolute atomic E-state index is 0.227. The van der Waals surface area contributed by atoms with Crippen LogP contribution in [0.15, 0.2) is 24.3 Å². The predicted octanol–water partition coefficient (Wildman–Crippen LogP) is 2.68. The molecule has 20 heavy (non-hydrogen) atoms. The average Bonchev–Trinajstić information content (AvgIpc) is 2.46. The molecule has 1 aromatic carbocycles. The van der Waals surface area contributed by atoms with E-state index in [9.17, 15) is 0 Å². The third kappa shape index (κ3) is 2.76. The van der Waals surface area contributed by atoms with Crippen LogP contribution in [0.2, 0.25) is 0 Å². The lowest BCUT2D eigenvalue weighted by Gasteiger charge is -2.49. The van der Waals surface area contributed by atoms with Crippen molar-refractivity contribution in [1.82, 2.24) is 4.90 Å². The van der Waals surface area contributed by atoms with Crippen LogP contribution in [0, 0.1) is 0 Å². The summed E-state index contributed by atoms with van der Waals surface area (Å²) in [6, 6.07) is 9.18. The fourth-order valence-electron chi connectivity index (χ4n) is 3.61. The van der Waals surface area contributed by atoms with Crippen LogP contribution >= 0.6 is 0 Å². The third-order valence-electron chi connectivity index (χ3n) is 5.11. The van der Waals surface area contributed by atoms with Gasteiger partial charge in [0, 0.05) is 25.7 Å². The first-order valence-electron chi connectivity index (χ1n) is 7.83. The van der Waals surface area contributed by atoms with Gasteiger partial charge in [-0.2, -0.15) is 0 Å². The second-order valence-corrected chi connectivity index (χ2v) is 6.42. The molecule has 0 radical (unpaired) electrons. The molecule has 2 aliphatic rings. The SMILES string of the molecule is CN(Cc1ccccc1CN)C1CCOC2(CCC2)C1. The van der Waals surface area contributed by atoms with E-state index in [4.69, 9.17) is 10.5 Å². The van der Waals surface area contributed by atoms with Gasteiger partial charge >= 0.3 is 0 Å². The zero-order valence-corrected chi connectivity index (χ0v) is 12.5. The van der Waals surface area contributed by atoms with E-state index in [1.54, 1.807) is 0 Å². The number of hydrogen-bond donors (Lipinski definition) is 1. The molecule has 110 valence electrons. The van der Waals surface area contributed by atoms with Gasteiger partial charge in [0.1, 0.15) is 0 Å². The van der Waals surface area contributed by atoms with E-state index in [-0.39, 0.29) is 5.60 Å². The molecule has 1 aromatic rings. The molecule has 2 N–H and O–H groups in total. The van der Waals surface area contributed by atoms with E-state index in [0.29, 0.717) is 12.6 Å². The van der Waals surface area contributed by atoms with Gasteiger partial charge in [-0.1, -0.05) is 24.3 Å². The Morgan fingerprint density at radius 3 is 2.70 bits per heavy atom. The van der Waals surface area contributed by atoms with Crippen LogP contribution in [-0.2, 0) is 17.8 Å². The molecule has 1 saturated heterocycles. The largest absolute Gasteiger partial charge is 0.375 e. The van der Waals surface area contributed by atoms with Crippen molar-refractivity contribution >= 4 is 0 Å². The second kappa shape index (κ2) is 5.84. The Labute approximate surface area is 122 Å². The van der Waals surface area contributed by atoms with E-state index < -0.39 is 0 Å². The maximum Gasteiger partial charge on any atom is 0.0697 e. The minimum atomic E-state index is 0.227. The van der Waals surface area contributed by atoms with Crippen LogP contribution < -0.4 is 5.73 Å². The molecule has 1 unspecified atom stereocenters. The average molecular weight is 274 g/mol.